The summed E-state index contributed by atoms with van der Waals surface area (Å²) in [6, 6.07) is 6.77. The highest BCUT2D eigenvalue weighted by atomic mass is 16.6. The van der Waals surface area contributed by atoms with Crippen molar-refractivity contribution in [2.24, 2.45) is 0 Å². The molecular weight excluding hydrogens is 795 g/mol. The molecule has 0 saturated carbocycles. The first kappa shape index (κ1) is 53.7. The summed E-state index contributed by atoms with van der Waals surface area (Å²) in [6.45, 7) is 20.5. The van der Waals surface area contributed by atoms with Gasteiger partial charge in [0, 0.05) is 45.6 Å². The van der Waals surface area contributed by atoms with Crippen molar-refractivity contribution in [3.05, 3.63) is 35.9 Å². The van der Waals surface area contributed by atoms with Crippen LogP contribution in [0.2, 0.25) is 0 Å². The predicted octanol–water partition coefficient (Wildman–Crippen LogP) is 7.58. The molecule has 1 fully saturated rings. The van der Waals surface area contributed by atoms with Crippen molar-refractivity contribution in [3.63, 3.8) is 0 Å². The van der Waals surface area contributed by atoms with E-state index in [2.05, 4.69) is 20.9 Å². The Bertz CT molecular complexity index is 1510. The lowest BCUT2D eigenvalue weighted by atomic mass is 10.1. The number of hydrogen-bond acceptors (Lipinski definition) is 11. The monoisotopic (exact) mass is 874 g/mol. The maximum atomic E-state index is 13.2. The summed E-state index contributed by atoms with van der Waals surface area (Å²) < 4.78 is 21.9. The zero-order chi connectivity index (χ0) is 46.2. The zero-order valence-electron chi connectivity index (χ0n) is 39.4. The van der Waals surface area contributed by atoms with Crippen molar-refractivity contribution in [1.82, 2.24) is 25.8 Å². The average molecular weight is 874 g/mol. The number of nitrogens with one attached hydrogen (secondary N) is 3. The van der Waals surface area contributed by atoms with Crippen LogP contribution >= 0.6 is 0 Å². The molecule has 2 rings (SSSR count). The molecule has 352 valence electrons. The molecule has 1 aromatic rings. The van der Waals surface area contributed by atoms with Gasteiger partial charge in [0.2, 0.25) is 5.91 Å². The number of urea groups is 1. The molecule has 2 unspecified atom stereocenters. The van der Waals surface area contributed by atoms with Crippen LogP contribution in [-0.4, -0.2) is 114 Å². The lowest BCUT2D eigenvalue weighted by Gasteiger charge is -2.34. The van der Waals surface area contributed by atoms with Crippen LogP contribution in [-0.2, 0) is 44.7 Å². The maximum Gasteiger partial charge on any atom is 0.410 e. The Kier molecular flexibility index (Phi) is 23.9. The van der Waals surface area contributed by atoms with E-state index in [4.69, 9.17) is 18.9 Å². The second-order valence-electron chi connectivity index (χ2n) is 19.2. The Morgan fingerprint density at radius 3 is 1.66 bits per heavy atom. The van der Waals surface area contributed by atoms with E-state index in [1.54, 1.807) is 67.2 Å². The Hall–Kier alpha value is -4.40. The van der Waals surface area contributed by atoms with Crippen molar-refractivity contribution >= 4 is 35.9 Å². The minimum atomic E-state index is -1.17. The third-order valence-electron chi connectivity index (χ3n) is 9.76. The fourth-order valence-corrected chi connectivity index (χ4v) is 6.69. The third-order valence-corrected chi connectivity index (χ3v) is 9.76. The molecule has 15 nitrogen and oxygen atoms in total. The Balaban J connectivity index is 1.61. The molecule has 0 spiro atoms. The number of ether oxygens (including phenoxy) is 4. The van der Waals surface area contributed by atoms with Crippen molar-refractivity contribution < 1.29 is 47.7 Å². The zero-order valence-corrected chi connectivity index (χ0v) is 39.4. The van der Waals surface area contributed by atoms with Crippen molar-refractivity contribution in [2.45, 2.75) is 188 Å². The van der Waals surface area contributed by atoms with Gasteiger partial charge in [0.15, 0.2) is 0 Å². The number of benzene rings is 1. The number of amides is 4. The highest BCUT2D eigenvalue weighted by Gasteiger charge is 2.31. The lowest BCUT2D eigenvalue weighted by Crippen LogP contribution is -2.53. The normalized spacial score (nSPS) is 14.6. The lowest BCUT2D eigenvalue weighted by molar-refractivity contribution is -0.159. The molecular formula is C47H79N5O10. The molecule has 1 saturated heterocycles. The second kappa shape index (κ2) is 27.6. The number of unbranched alkanes of at least 4 members (excludes halogenated alkanes) is 8. The first-order valence-electron chi connectivity index (χ1n) is 22.8. The number of nitrogens with zero attached hydrogens (tertiary/aromatic N) is 2. The molecule has 1 aromatic carbocycles. The molecule has 2 atom stereocenters. The van der Waals surface area contributed by atoms with E-state index in [0.29, 0.717) is 45.5 Å². The molecule has 0 aromatic heterocycles. The number of piperazine rings is 1. The van der Waals surface area contributed by atoms with Gasteiger partial charge in [0.05, 0.1) is 0 Å². The quantitative estimate of drug-likeness (QED) is 0.0501. The number of carbonyl (C=O) groups excluding carboxylic acids is 6. The van der Waals surface area contributed by atoms with Gasteiger partial charge in [-0.2, -0.15) is 0 Å². The van der Waals surface area contributed by atoms with Gasteiger partial charge in [-0.1, -0.05) is 68.9 Å². The number of carbonyl (C=O) groups is 6. The minimum Gasteiger partial charge on any atom is -0.460 e. The fourth-order valence-electron chi connectivity index (χ4n) is 6.69. The van der Waals surface area contributed by atoms with Crippen molar-refractivity contribution in [3.8, 4) is 0 Å². The standard InChI is InChI=1S/C47H79N5O10/c1-45(2,3)60-40(54)28-27-38(42(56)62-47(7,8)9)50-43(57)49-37(41(55)61-46(4,5)6)25-20-21-29-48-39(53)26-19-14-12-10-11-13-15-22-30-51-31-33-52(34-32-51)44(58)59-35-36-23-17-16-18-24-36/h16-18,23-24,37-38H,10-15,19-22,25-35H2,1-9H3,(H,48,53)(H2,49,50,57). The second-order valence-corrected chi connectivity index (χ2v) is 19.2. The van der Waals surface area contributed by atoms with Crippen LogP contribution in [0.25, 0.3) is 0 Å². The average Bonchev–Trinajstić information content (AvgIpc) is 3.17. The van der Waals surface area contributed by atoms with Crippen molar-refractivity contribution in [2.75, 3.05) is 39.3 Å². The Labute approximate surface area is 371 Å². The van der Waals surface area contributed by atoms with E-state index >= 15 is 0 Å². The van der Waals surface area contributed by atoms with E-state index < -0.39 is 52.8 Å². The van der Waals surface area contributed by atoms with Crippen LogP contribution in [0.3, 0.4) is 0 Å². The molecule has 0 aliphatic carbocycles. The van der Waals surface area contributed by atoms with Gasteiger partial charge >= 0.3 is 30.0 Å². The molecule has 1 aliphatic heterocycles. The van der Waals surface area contributed by atoms with E-state index in [9.17, 15) is 28.8 Å². The number of rotatable bonds is 25. The van der Waals surface area contributed by atoms with Gasteiger partial charge in [0.25, 0.3) is 0 Å². The van der Waals surface area contributed by atoms with Crippen LogP contribution in [0, 0.1) is 0 Å². The van der Waals surface area contributed by atoms with E-state index in [1.165, 1.54) is 19.3 Å². The Morgan fingerprint density at radius 1 is 0.597 bits per heavy atom. The van der Waals surface area contributed by atoms with Crippen LogP contribution in [0.4, 0.5) is 9.59 Å². The van der Waals surface area contributed by atoms with Gasteiger partial charge in [-0.15, -0.1) is 0 Å². The molecule has 1 heterocycles. The minimum absolute atomic E-state index is 0.00401. The Morgan fingerprint density at radius 2 is 1.11 bits per heavy atom. The van der Waals surface area contributed by atoms with Gasteiger partial charge in [-0.25, -0.2) is 19.2 Å². The molecule has 0 bridgehead atoms. The summed E-state index contributed by atoms with van der Waals surface area (Å²) in [5.41, 5.74) is -1.35. The summed E-state index contributed by atoms with van der Waals surface area (Å²) in [5, 5.41) is 8.18. The molecule has 3 N–H and O–H groups in total. The highest BCUT2D eigenvalue weighted by Crippen LogP contribution is 2.16. The molecule has 62 heavy (non-hydrogen) atoms. The third kappa shape index (κ3) is 26.2. The van der Waals surface area contributed by atoms with E-state index in [1.807, 2.05) is 30.3 Å². The largest absolute Gasteiger partial charge is 0.460 e. The number of hydrogen-bond donors (Lipinski definition) is 3. The van der Waals surface area contributed by atoms with E-state index in [0.717, 1.165) is 57.3 Å². The summed E-state index contributed by atoms with van der Waals surface area (Å²) in [7, 11) is 0. The van der Waals surface area contributed by atoms with Crippen LogP contribution in [0.5, 0.6) is 0 Å². The molecule has 15 heteroatoms. The topological polar surface area (TPSA) is 182 Å². The molecule has 0 radical (unpaired) electrons. The fraction of sp³-hybridized carbons (Fsp3) is 0.745. The van der Waals surface area contributed by atoms with Gasteiger partial charge in [0.1, 0.15) is 35.5 Å². The van der Waals surface area contributed by atoms with Crippen molar-refractivity contribution in [1.29, 1.82) is 0 Å². The van der Waals surface area contributed by atoms with E-state index in [-0.39, 0.29) is 31.3 Å². The first-order chi connectivity index (χ1) is 29.1. The summed E-state index contributed by atoms with van der Waals surface area (Å²) >= 11 is 0. The van der Waals surface area contributed by atoms with Gasteiger partial charge in [-0.3, -0.25) is 14.5 Å². The number of esters is 3. The first-order valence-corrected chi connectivity index (χ1v) is 22.8. The predicted molar refractivity (Wildman–Crippen MR) is 239 cm³/mol. The molecule has 1 aliphatic rings. The maximum absolute atomic E-state index is 13.2. The highest BCUT2D eigenvalue weighted by molar-refractivity contribution is 5.87. The van der Waals surface area contributed by atoms with Crippen LogP contribution < -0.4 is 16.0 Å². The summed E-state index contributed by atoms with van der Waals surface area (Å²) in [5.74, 6) is -1.86. The van der Waals surface area contributed by atoms with Crippen LogP contribution in [0.15, 0.2) is 30.3 Å². The smallest absolute Gasteiger partial charge is 0.410 e. The molecule has 4 amide bonds. The van der Waals surface area contributed by atoms with Crippen LogP contribution in [0.1, 0.15) is 158 Å². The summed E-state index contributed by atoms with van der Waals surface area (Å²) in [4.78, 5) is 80.8. The van der Waals surface area contributed by atoms with Gasteiger partial charge in [-0.05, 0) is 113 Å². The summed E-state index contributed by atoms with van der Waals surface area (Å²) in [6.07, 6.45) is 10.2. The SMILES string of the molecule is CC(C)(C)OC(=O)CCC(NC(=O)NC(CCCCNC(=O)CCCCCCCCCCN1CCN(C(=O)OCc2ccccc2)CC1)C(=O)OC(C)(C)C)C(=O)OC(C)(C)C. The van der Waals surface area contributed by atoms with Gasteiger partial charge < -0.3 is 39.8 Å².